The molecule has 0 aliphatic carbocycles. The minimum atomic E-state index is -0.382. The van der Waals surface area contributed by atoms with E-state index < -0.39 is 0 Å². The molecule has 0 aliphatic heterocycles. The molecular formula is C21H25N3O. The molecule has 0 unspecified atom stereocenters. The average molecular weight is 335 g/mol. The zero-order chi connectivity index (χ0) is 18.6. The number of carbonyl (C=O) groups is 1. The summed E-state index contributed by atoms with van der Waals surface area (Å²) in [6.45, 7) is 11.1. The molecular weight excluding hydrogens is 310 g/mol. The molecule has 2 rings (SSSR count). The molecule has 4 nitrogen and oxygen atoms in total. The smallest absolute Gasteiger partial charge is 0.266 e. The lowest BCUT2D eigenvalue weighted by Crippen LogP contribution is -2.13. The number of aromatic nitrogens is 1. The fraction of sp³-hybridized carbons (Fsp3) is 0.333. The number of benzene rings is 1. The Hall–Kier alpha value is -2.80. The number of nitrogens with zero attached hydrogens (tertiary/aromatic N) is 2. The monoisotopic (exact) mass is 335 g/mol. The Labute approximate surface area is 149 Å². The van der Waals surface area contributed by atoms with E-state index in [2.05, 4.69) is 16.8 Å². The van der Waals surface area contributed by atoms with Crippen molar-refractivity contribution >= 4 is 17.7 Å². The van der Waals surface area contributed by atoms with Crippen LogP contribution in [-0.2, 0) is 11.3 Å². The van der Waals surface area contributed by atoms with Gasteiger partial charge in [-0.2, -0.15) is 5.26 Å². The van der Waals surface area contributed by atoms with Crippen molar-refractivity contribution in [2.24, 2.45) is 0 Å². The molecule has 1 heterocycles. The first kappa shape index (κ1) is 18.5. The Morgan fingerprint density at radius 1 is 1.16 bits per heavy atom. The van der Waals surface area contributed by atoms with E-state index in [-0.39, 0.29) is 11.5 Å². The molecule has 0 saturated carbocycles. The van der Waals surface area contributed by atoms with Gasteiger partial charge in [-0.1, -0.05) is 13.0 Å². The van der Waals surface area contributed by atoms with E-state index in [0.717, 1.165) is 41.0 Å². The summed E-state index contributed by atoms with van der Waals surface area (Å²) >= 11 is 0. The van der Waals surface area contributed by atoms with Gasteiger partial charge in [-0.05, 0) is 75.1 Å². The first-order valence-electron chi connectivity index (χ1n) is 8.54. The molecule has 1 aromatic carbocycles. The molecule has 0 atom stereocenters. The lowest BCUT2D eigenvalue weighted by Gasteiger charge is -2.08. The summed E-state index contributed by atoms with van der Waals surface area (Å²) in [7, 11) is 0. The topological polar surface area (TPSA) is 57.8 Å². The van der Waals surface area contributed by atoms with Crippen molar-refractivity contribution < 1.29 is 4.79 Å². The van der Waals surface area contributed by atoms with Crippen molar-refractivity contribution in [2.75, 3.05) is 5.32 Å². The maximum atomic E-state index is 12.5. The van der Waals surface area contributed by atoms with Gasteiger partial charge in [-0.3, -0.25) is 4.79 Å². The number of nitrogens with one attached hydrogen (secondary N) is 1. The molecule has 0 aliphatic rings. The highest BCUT2D eigenvalue weighted by molar-refractivity contribution is 6.09. The van der Waals surface area contributed by atoms with Crippen LogP contribution < -0.4 is 5.32 Å². The number of carbonyl (C=O) groups excluding carboxylic acids is 1. The predicted octanol–water partition coefficient (Wildman–Crippen LogP) is 4.68. The lowest BCUT2D eigenvalue weighted by atomic mass is 10.1. The predicted molar refractivity (Wildman–Crippen MR) is 102 cm³/mol. The van der Waals surface area contributed by atoms with Crippen molar-refractivity contribution in [3.8, 4) is 6.07 Å². The van der Waals surface area contributed by atoms with Crippen LogP contribution in [0.15, 0.2) is 29.8 Å². The number of amides is 1. The summed E-state index contributed by atoms with van der Waals surface area (Å²) in [5.74, 6) is -0.382. The number of hydrogen-bond acceptors (Lipinski definition) is 2. The average Bonchev–Trinajstić information content (AvgIpc) is 2.79. The minimum absolute atomic E-state index is 0.107. The molecule has 0 spiro atoms. The van der Waals surface area contributed by atoms with Gasteiger partial charge in [0.25, 0.3) is 5.91 Å². The Bertz CT molecular complexity index is 846. The molecule has 4 heteroatoms. The second-order valence-corrected chi connectivity index (χ2v) is 6.48. The molecule has 1 amide bonds. The van der Waals surface area contributed by atoms with Crippen molar-refractivity contribution in [1.82, 2.24) is 4.57 Å². The van der Waals surface area contributed by atoms with E-state index in [9.17, 15) is 10.1 Å². The third kappa shape index (κ3) is 4.39. The van der Waals surface area contributed by atoms with Gasteiger partial charge in [-0.15, -0.1) is 0 Å². The number of rotatable bonds is 5. The first-order valence-corrected chi connectivity index (χ1v) is 8.54. The van der Waals surface area contributed by atoms with Crippen LogP contribution in [0.2, 0.25) is 0 Å². The number of hydrogen-bond donors (Lipinski definition) is 1. The molecule has 0 bridgehead atoms. The van der Waals surface area contributed by atoms with Gasteiger partial charge in [-0.25, -0.2) is 0 Å². The Kier molecular flexibility index (Phi) is 5.82. The minimum Gasteiger partial charge on any atom is -0.349 e. The van der Waals surface area contributed by atoms with Gasteiger partial charge in [0.2, 0.25) is 0 Å². The Morgan fingerprint density at radius 2 is 1.80 bits per heavy atom. The van der Waals surface area contributed by atoms with Crippen LogP contribution in [0.25, 0.3) is 6.08 Å². The summed E-state index contributed by atoms with van der Waals surface area (Å²) in [5, 5.41) is 12.3. The second kappa shape index (κ2) is 7.85. The van der Waals surface area contributed by atoms with Gasteiger partial charge >= 0.3 is 0 Å². The van der Waals surface area contributed by atoms with Gasteiger partial charge in [0, 0.05) is 23.6 Å². The molecule has 1 N–H and O–H groups in total. The summed E-state index contributed by atoms with van der Waals surface area (Å²) < 4.78 is 2.21. The highest BCUT2D eigenvalue weighted by Crippen LogP contribution is 2.20. The fourth-order valence-corrected chi connectivity index (χ4v) is 3.09. The van der Waals surface area contributed by atoms with Crippen LogP contribution in [0.3, 0.4) is 0 Å². The van der Waals surface area contributed by atoms with Gasteiger partial charge in [0.05, 0.1) is 0 Å². The second-order valence-electron chi connectivity index (χ2n) is 6.48. The summed E-state index contributed by atoms with van der Waals surface area (Å²) in [6, 6.07) is 9.88. The SMILES string of the molecule is CCCn1c(C)cc(/C=C(\C#N)C(=O)Nc2cc(C)cc(C)c2)c1C. The molecule has 1 aromatic heterocycles. The van der Waals surface area contributed by atoms with E-state index in [1.807, 2.05) is 58.0 Å². The maximum absolute atomic E-state index is 12.5. The normalized spacial score (nSPS) is 11.3. The first-order chi connectivity index (χ1) is 11.8. The lowest BCUT2D eigenvalue weighted by molar-refractivity contribution is -0.112. The number of nitriles is 1. The van der Waals surface area contributed by atoms with Crippen LogP contribution in [-0.4, -0.2) is 10.5 Å². The van der Waals surface area contributed by atoms with Gasteiger partial charge in [0.15, 0.2) is 0 Å². The third-order valence-electron chi connectivity index (χ3n) is 4.20. The summed E-state index contributed by atoms with van der Waals surface area (Å²) in [5.41, 5.74) is 6.08. The summed E-state index contributed by atoms with van der Waals surface area (Å²) in [4.78, 5) is 12.5. The summed E-state index contributed by atoms with van der Waals surface area (Å²) in [6.07, 6.45) is 2.71. The van der Waals surface area contributed by atoms with Crippen LogP contribution in [0, 0.1) is 39.0 Å². The van der Waals surface area contributed by atoms with Gasteiger partial charge in [0.1, 0.15) is 11.6 Å². The Balaban J connectivity index is 2.30. The van der Waals surface area contributed by atoms with Crippen LogP contribution >= 0.6 is 0 Å². The van der Waals surface area contributed by atoms with Crippen LogP contribution in [0.4, 0.5) is 5.69 Å². The van der Waals surface area contributed by atoms with Crippen LogP contribution in [0.5, 0.6) is 0 Å². The quantitative estimate of drug-likeness (QED) is 0.637. The van der Waals surface area contributed by atoms with Crippen molar-refractivity contribution in [3.63, 3.8) is 0 Å². The molecule has 130 valence electrons. The van der Waals surface area contributed by atoms with Gasteiger partial charge < -0.3 is 9.88 Å². The highest BCUT2D eigenvalue weighted by atomic mass is 16.1. The largest absolute Gasteiger partial charge is 0.349 e. The van der Waals surface area contributed by atoms with Crippen LogP contribution in [0.1, 0.15) is 41.4 Å². The third-order valence-corrected chi connectivity index (χ3v) is 4.20. The number of anilines is 1. The van der Waals surface area contributed by atoms with E-state index in [0.29, 0.717) is 5.69 Å². The van der Waals surface area contributed by atoms with E-state index in [4.69, 9.17) is 0 Å². The fourth-order valence-electron chi connectivity index (χ4n) is 3.09. The van der Waals surface area contributed by atoms with E-state index in [1.54, 1.807) is 6.08 Å². The van der Waals surface area contributed by atoms with Crippen molar-refractivity contribution in [2.45, 2.75) is 47.6 Å². The Morgan fingerprint density at radius 3 is 2.36 bits per heavy atom. The molecule has 0 saturated heterocycles. The zero-order valence-electron chi connectivity index (χ0n) is 15.6. The van der Waals surface area contributed by atoms with Crippen molar-refractivity contribution in [3.05, 3.63) is 57.9 Å². The standard InChI is InChI=1S/C21H25N3O/c1-6-7-24-16(4)11-18(17(24)5)12-19(13-22)21(25)23-20-9-14(2)8-15(3)10-20/h8-12H,6-7H2,1-5H3,(H,23,25)/b19-12+. The van der Waals surface area contributed by atoms with E-state index >= 15 is 0 Å². The molecule has 2 aromatic rings. The zero-order valence-corrected chi connectivity index (χ0v) is 15.6. The maximum Gasteiger partial charge on any atom is 0.266 e. The molecule has 0 fully saturated rings. The molecule has 25 heavy (non-hydrogen) atoms. The van der Waals surface area contributed by atoms with E-state index in [1.165, 1.54) is 0 Å². The highest BCUT2D eigenvalue weighted by Gasteiger charge is 2.13. The molecule has 0 radical (unpaired) electrons. The van der Waals surface area contributed by atoms with Crippen molar-refractivity contribution in [1.29, 1.82) is 5.26 Å². The number of aryl methyl sites for hydroxylation is 3.